The number of nitrogens with zero attached hydrogens (tertiary/aromatic N) is 6. The highest BCUT2D eigenvalue weighted by Gasteiger charge is 2.42. The Hall–Kier alpha value is -4.30. The van der Waals surface area contributed by atoms with E-state index in [2.05, 4.69) is 25.0 Å². The number of rotatable bonds is 7. The third kappa shape index (κ3) is 6.86. The first-order valence-corrected chi connectivity index (χ1v) is 13.9. The zero-order valence-electron chi connectivity index (χ0n) is 23.0. The maximum Gasteiger partial charge on any atom is 0.573 e. The van der Waals surface area contributed by atoms with Crippen LogP contribution < -0.4 is 9.64 Å². The zero-order chi connectivity index (χ0) is 30.9. The largest absolute Gasteiger partial charge is 0.573 e. The number of anilines is 1. The summed E-state index contributed by atoms with van der Waals surface area (Å²) in [6, 6.07) is 14.5. The summed E-state index contributed by atoms with van der Waals surface area (Å²) in [4.78, 5) is 5.74. The second kappa shape index (κ2) is 11.8. The van der Waals surface area contributed by atoms with Crippen LogP contribution in [-0.4, -0.2) is 49.1 Å². The molecule has 43 heavy (non-hydrogen) atoms. The fraction of sp³-hybridized carbons (Fsp3) is 0.241. The Kier molecular flexibility index (Phi) is 8.25. The second-order valence-corrected chi connectivity index (χ2v) is 11.1. The fourth-order valence-electron chi connectivity index (χ4n) is 4.36. The Bertz CT molecular complexity index is 1670. The van der Waals surface area contributed by atoms with Crippen LogP contribution in [0.5, 0.6) is 5.75 Å². The summed E-state index contributed by atoms with van der Waals surface area (Å²) in [5, 5.41) is 24.2. The Labute approximate surface area is 247 Å². The average molecular weight is 617 g/mol. The first-order chi connectivity index (χ1) is 20.3. The molecule has 5 rings (SSSR count). The van der Waals surface area contributed by atoms with Gasteiger partial charge in [-0.2, -0.15) is 5.10 Å². The molecule has 1 unspecified atom stereocenters. The van der Waals surface area contributed by atoms with Gasteiger partial charge >= 0.3 is 6.36 Å². The van der Waals surface area contributed by atoms with Gasteiger partial charge < -0.3 is 9.84 Å². The SMILES string of the molecule is CC(C)c1cc(F)c(F)cc1N1C(=NN=Cc2ccc(-c3ncn(-c4ccc(OC(F)(F)F)cc4)n3)cc2)SCC1(C)O. The number of aromatic nitrogens is 3. The number of thioether (sulfide) groups is 1. The van der Waals surface area contributed by atoms with Gasteiger partial charge in [0.15, 0.2) is 28.4 Å². The minimum Gasteiger partial charge on any atom is -0.406 e. The molecule has 1 saturated heterocycles. The molecular formula is C29H25F5N6O2S. The lowest BCUT2D eigenvalue weighted by Gasteiger charge is -2.33. The molecule has 2 heterocycles. The summed E-state index contributed by atoms with van der Waals surface area (Å²) in [5.41, 5.74) is 1.33. The van der Waals surface area contributed by atoms with Crippen LogP contribution in [0.2, 0.25) is 0 Å². The van der Waals surface area contributed by atoms with Gasteiger partial charge in [-0.25, -0.2) is 18.4 Å². The Balaban J connectivity index is 1.31. The van der Waals surface area contributed by atoms with Crippen molar-refractivity contribution in [3.05, 3.63) is 89.8 Å². The molecule has 8 nitrogen and oxygen atoms in total. The van der Waals surface area contributed by atoms with Crippen molar-refractivity contribution in [2.75, 3.05) is 10.7 Å². The number of alkyl halides is 3. The van der Waals surface area contributed by atoms with Gasteiger partial charge in [0.1, 0.15) is 12.1 Å². The van der Waals surface area contributed by atoms with Crippen molar-refractivity contribution < 1.29 is 31.8 Å². The zero-order valence-corrected chi connectivity index (χ0v) is 23.9. The topological polar surface area (TPSA) is 88.1 Å². The van der Waals surface area contributed by atoms with Crippen molar-refractivity contribution in [1.82, 2.24) is 14.8 Å². The standard InChI is InChI=1S/C29H25F5N6O2S/c1-17(2)22-12-23(30)24(31)13-25(22)40-27(43-15-28(40,3)41)37-36-14-18-4-6-19(7-5-18)26-35-16-39(38-26)20-8-10-21(11-9-20)42-29(32,33)34/h4-14,16-17,41H,15H2,1-3H3. The quantitative estimate of drug-likeness (QED) is 0.138. The molecule has 1 aliphatic rings. The van der Waals surface area contributed by atoms with E-state index >= 15 is 0 Å². The van der Waals surface area contributed by atoms with E-state index in [0.717, 1.165) is 12.1 Å². The van der Waals surface area contributed by atoms with Gasteiger partial charge in [0, 0.05) is 17.4 Å². The maximum atomic E-state index is 14.2. The number of aliphatic hydroxyl groups is 1. The van der Waals surface area contributed by atoms with Gasteiger partial charge in [-0.3, -0.25) is 4.90 Å². The van der Waals surface area contributed by atoms with Crippen molar-refractivity contribution in [3.8, 4) is 22.8 Å². The van der Waals surface area contributed by atoms with E-state index in [0.29, 0.717) is 39.1 Å². The van der Waals surface area contributed by atoms with Crippen LogP contribution in [0.4, 0.5) is 27.6 Å². The van der Waals surface area contributed by atoms with E-state index in [1.807, 2.05) is 13.8 Å². The van der Waals surface area contributed by atoms with Crippen LogP contribution in [0.15, 0.2) is 77.2 Å². The van der Waals surface area contributed by atoms with Gasteiger partial charge in [-0.1, -0.05) is 49.9 Å². The molecule has 14 heteroatoms. The normalized spacial score (nSPS) is 18.4. The highest BCUT2D eigenvalue weighted by molar-refractivity contribution is 8.14. The lowest BCUT2D eigenvalue weighted by atomic mass is 9.99. The summed E-state index contributed by atoms with van der Waals surface area (Å²) in [6.45, 7) is 5.27. The summed E-state index contributed by atoms with van der Waals surface area (Å²) in [5.74, 6) is -1.83. The summed E-state index contributed by atoms with van der Waals surface area (Å²) < 4.78 is 70.7. The smallest absolute Gasteiger partial charge is 0.406 e. The Morgan fingerprint density at radius 1 is 1.05 bits per heavy atom. The van der Waals surface area contributed by atoms with E-state index in [4.69, 9.17) is 0 Å². The van der Waals surface area contributed by atoms with E-state index in [-0.39, 0.29) is 17.4 Å². The van der Waals surface area contributed by atoms with Crippen LogP contribution in [0.3, 0.4) is 0 Å². The van der Waals surface area contributed by atoms with E-state index < -0.39 is 23.7 Å². The summed E-state index contributed by atoms with van der Waals surface area (Å²) >= 11 is 1.24. The third-order valence-electron chi connectivity index (χ3n) is 6.43. The summed E-state index contributed by atoms with van der Waals surface area (Å²) in [7, 11) is 0. The molecule has 224 valence electrons. The van der Waals surface area contributed by atoms with Gasteiger partial charge in [0.05, 0.1) is 17.6 Å². The number of hydrogen-bond acceptors (Lipinski definition) is 7. The molecule has 3 aromatic carbocycles. The van der Waals surface area contributed by atoms with E-state index in [1.165, 1.54) is 58.2 Å². The first-order valence-electron chi connectivity index (χ1n) is 12.9. The first kappa shape index (κ1) is 30.2. The molecule has 0 spiro atoms. The molecule has 1 fully saturated rings. The van der Waals surface area contributed by atoms with E-state index in [1.54, 1.807) is 31.2 Å². The van der Waals surface area contributed by atoms with E-state index in [9.17, 15) is 27.1 Å². The highest BCUT2D eigenvalue weighted by atomic mass is 32.2. The molecule has 0 aliphatic carbocycles. The van der Waals surface area contributed by atoms with Crippen molar-refractivity contribution in [3.63, 3.8) is 0 Å². The van der Waals surface area contributed by atoms with Gasteiger partial charge in [0.2, 0.25) is 0 Å². The van der Waals surface area contributed by atoms with Crippen LogP contribution >= 0.6 is 11.8 Å². The van der Waals surface area contributed by atoms with Crippen LogP contribution in [0, 0.1) is 11.6 Å². The van der Waals surface area contributed by atoms with Crippen LogP contribution in [0.25, 0.3) is 17.1 Å². The van der Waals surface area contributed by atoms with Crippen molar-refractivity contribution in [1.29, 1.82) is 0 Å². The van der Waals surface area contributed by atoms with Crippen LogP contribution in [0.1, 0.15) is 37.8 Å². The molecular weight excluding hydrogens is 591 g/mol. The van der Waals surface area contributed by atoms with Crippen LogP contribution in [-0.2, 0) is 0 Å². The average Bonchev–Trinajstić information content (AvgIpc) is 3.54. The summed E-state index contributed by atoms with van der Waals surface area (Å²) in [6.07, 6.45) is -1.82. The monoisotopic (exact) mass is 616 g/mol. The number of halogens is 5. The highest BCUT2D eigenvalue weighted by Crippen LogP contribution is 2.40. The molecule has 0 amide bonds. The Morgan fingerprint density at radius 3 is 2.37 bits per heavy atom. The third-order valence-corrected chi connectivity index (χ3v) is 7.64. The predicted octanol–water partition coefficient (Wildman–Crippen LogP) is 6.89. The molecule has 1 aromatic heterocycles. The van der Waals surface area contributed by atoms with Crippen molar-refractivity contribution >= 4 is 28.8 Å². The second-order valence-electron chi connectivity index (χ2n) is 10.1. The Morgan fingerprint density at radius 2 is 1.72 bits per heavy atom. The van der Waals surface area contributed by atoms with Crippen molar-refractivity contribution in [2.24, 2.45) is 10.2 Å². The van der Waals surface area contributed by atoms with Gasteiger partial charge in [0.25, 0.3) is 0 Å². The fourth-order valence-corrected chi connectivity index (χ4v) is 5.42. The lowest BCUT2D eigenvalue weighted by molar-refractivity contribution is -0.274. The molecule has 1 N–H and O–H groups in total. The van der Waals surface area contributed by atoms with Gasteiger partial charge in [-0.15, -0.1) is 23.4 Å². The van der Waals surface area contributed by atoms with Gasteiger partial charge in [-0.05, 0) is 54.3 Å². The molecule has 0 radical (unpaired) electrons. The minimum atomic E-state index is -4.77. The molecule has 4 aromatic rings. The molecule has 1 atom stereocenters. The predicted molar refractivity (Wildman–Crippen MR) is 155 cm³/mol. The maximum absolute atomic E-state index is 14.2. The lowest BCUT2D eigenvalue weighted by Crippen LogP contribution is -2.45. The van der Waals surface area contributed by atoms with Crippen molar-refractivity contribution in [2.45, 2.75) is 38.8 Å². The number of hydrogen-bond donors (Lipinski definition) is 1. The molecule has 1 aliphatic heterocycles. The number of ether oxygens (including phenoxy) is 1. The molecule has 0 saturated carbocycles. The number of amidine groups is 1. The molecule has 0 bridgehead atoms. The minimum absolute atomic E-state index is 0.144. The number of benzene rings is 3.